The van der Waals surface area contributed by atoms with Crippen molar-refractivity contribution in [3.63, 3.8) is 0 Å². The predicted octanol–water partition coefficient (Wildman–Crippen LogP) is 5.24. The Bertz CT molecular complexity index is 1390. The van der Waals surface area contributed by atoms with E-state index in [1.165, 1.54) is 33.5 Å². The third-order valence-corrected chi connectivity index (χ3v) is 5.94. The molecule has 0 saturated heterocycles. The number of rotatable bonds is 9. The fourth-order valence-electron chi connectivity index (χ4n) is 3.92. The van der Waals surface area contributed by atoms with E-state index >= 15 is 0 Å². The second-order valence-electron chi connectivity index (χ2n) is 8.59. The molecule has 2 N–H and O–H groups in total. The van der Waals surface area contributed by atoms with Crippen molar-refractivity contribution in [3.05, 3.63) is 53.9 Å². The largest absolute Gasteiger partial charge is 0.493 e. The maximum absolute atomic E-state index is 13.0. The Hall–Kier alpha value is -4.22. The number of imidazole rings is 1. The summed E-state index contributed by atoms with van der Waals surface area (Å²) in [5.41, 5.74) is 1.71. The normalized spacial score (nSPS) is 13.5. The number of methoxy groups -OCH3 is 3. The van der Waals surface area contributed by atoms with E-state index in [4.69, 9.17) is 14.2 Å². The molecule has 2 aromatic heterocycles. The molecule has 0 unspecified atom stereocenters. The second-order valence-corrected chi connectivity index (χ2v) is 8.59. The highest BCUT2D eigenvalue weighted by Crippen LogP contribution is 2.40. The Morgan fingerprint density at radius 2 is 1.65 bits per heavy atom. The molecule has 12 heteroatoms. The van der Waals surface area contributed by atoms with Crippen LogP contribution in [-0.4, -0.2) is 46.9 Å². The lowest BCUT2D eigenvalue weighted by molar-refractivity contribution is -0.137. The number of nitrogens with one attached hydrogen (secondary N) is 2. The van der Waals surface area contributed by atoms with E-state index in [2.05, 4.69) is 25.6 Å². The Morgan fingerprint density at radius 1 is 0.973 bits per heavy atom. The van der Waals surface area contributed by atoms with Gasteiger partial charge in [0.25, 0.3) is 0 Å². The number of aromatic nitrogens is 4. The Morgan fingerprint density at radius 3 is 2.22 bits per heavy atom. The van der Waals surface area contributed by atoms with Crippen LogP contribution in [0.25, 0.3) is 11.2 Å². The van der Waals surface area contributed by atoms with E-state index in [0.717, 1.165) is 25.0 Å². The third kappa shape index (κ3) is 5.18. The maximum Gasteiger partial charge on any atom is 0.416 e. The minimum absolute atomic E-state index is 0.290. The molecular formula is C25H25F3N6O3. The van der Waals surface area contributed by atoms with E-state index < -0.39 is 11.7 Å². The zero-order valence-electron chi connectivity index (χ0n) is 20.4. The van der Waals surface area contributed by atoms with Crippen LogP contribution in [-0.2, 0) is 12.7 Å². The quantitative estimate of drug-likeness (QED) is 0.313. The summed E-state index contributed by atoms with van der Waals surface area (Å²) in [5.74, 6) is 2.27. The molecule has 194 valence electrons. The van der Waals surface area contributed by atoms with Crippen LogP contribution in [0.1, 0.15) is 24.0 Å². The highest BCUT2D eigenvalue weighted by atomic mass is 19.4. The molecule has 0 radical (unpaired) electrons. The first kappa shape index (κ1) is 24.5. The van der Waals surface area contributed by atoms with Crippen molar-refractivity contribution in [2.75, 3.05) is 32.0 Å². The van der Waals surface area contributed by atoms with Crippen LogP contribution in [0.2, 0.25) is 0 Å². The number of fused-ring (bicyclic) bond motifs is 1. The first-order chi connectivity index (χ1) is 17.8. The number of nitrogens with zero attached hydrogens (tertiary/aromatic N) is 4. The number of hydrogen-bond acceptors (Lipinski definition) is 8. The van der Waals surface area contributed by atoms with E-state index in [1.807, 2.05) is 0 Å². The van der Waals surface area contributed by atoms with Crippen LogP contribution in [0.3, 0.4) is 0 Å². The van der Waals surface area contributed by atoms with Crippen LogP contribution in [0.5, 0.6) is 17.2 Å². The molecule has 5 rings (SSSR count). The lowest BCUT2D eigenvalue weighted by atomic mass is 10.1. The summed E-state index contributed by atoms with van der Waals surface area (Å²) < 4.78 is 56.9. The van der Waals surface area contributed by atoms with Gasteiger partial charge in [0, 0.05) is 23.9 Å². The lowest BCUT2D eigenvalue weighted by Crippen LogP contribution is -2.09. The average Bonchev–Trinajstić information content (AvgIpc) is 3.61. The molecule has 4 aromatic rings. The highest BCUT2D eigenvalue weighted by Gasteiger charge is 2.30. The average molecular weight is 515 g/mol. The van der Waals surface area contributed by atoms with Gasteiger partial charge in [-0.3, -0.25) is 0 Å². The van der Waals surface area contributed by atoms with Crippen LogP contribution in [0.4, 0.5) is 30.6 Å². The Kier molecular flexibility index (Phi) is 6.40. The molecule has 1 saturated carbocycles. The van der Waals surface area contributed by atoms with Gasteiger partial charge in [0.2, 0.25) is 11.7 Å². The van der Waals surface area contributed by atoms with Gasteiger partial charge in [0.15, 0.2) is 28.5 Å². The number of alkyl halides is 3. The smallest absolute Gasteiger partial charge is 0.416 e. The van der Waals surface area contributed by atoms with Crippen LogP contribution >= 0.6 is 0 Å². The fourth-order valence-corrected chi connectivity index (χ4v) is 3.92. The first-order valence-corrected chi connectivity index (χ1v) is 11.5. The van der Waals surface area contributed by atoms with Gasteiger partial charge < -0.3 is 29.4 Å². The van der Waals surface area contributed by atoms with Crippen LogP contribution in [0.15, 0.2) is 42.7 Å². The number of halogens is 3. The molecule has 0 aliphatic heterocycles. The molecule has 1 aliphatic rings. The summed E-state index contributed by atoms with van der Waals surface area (Å²) in [7, 11) is 4.58. The van der Waals surface area contributed by atoms with Gasteiger partial charge in [0.1, 0.15) is 0 Å². The SMILES string of the molecule is COc1cc(Nc2nc(NC3CC3)c3ncn(Cc4ccc(C(F)(F)F)cc4)c3n2)cc(OC)c1OC. The van der Waals surface area contributed by atoms with Gasteiger partial charge >= 0.3 is 6.18 Å². The molecule has 1 fully saturated rings. The zero-order chi connectivity index (χ0) is 26.2. The second kappa shape index (κ2) is 9.68. The van der Waals surface area contributed by atoms with E-state index in [-0.39, 0.29) is 6.54 Å². The Balaban J connectivity index is 1.50. The summed E-state index contributed by atoms with van der Waals surface area (Å²) in [6.45, 7) is 0.290. The Labute approximate surface area is 210 Å². The molecule has 2 aromatic carbocycles. The van der Waals surface area contributed by atoms with Crippen molar-refractivity contribution in [1.82, 2.24) is 19.5 Å². The molecule has 0 atom stereocenters. The minimum Gasteiger partial charge on any atom is -0.493 e. The summed E-state index contributed by atoms with van der Waals surface area (Å²) in [6, 6.07) is 8.84. The summed E-state index contributed by atoms with van der Waals surface area (Å²) >= 11 is 0. The first-order valence-electron chi connectivity index (χ1n) is 11.5. The predicted molar refractivity (Wildman–Crippen MR) is 132 cm³/mol. The third-order valence-electron chi connectivity index (χ3n) is 5.94. The zero-order valence-corrected chi connectivity index (χ0v) is 20.4. The van der Waals surface area contributed by atoms with Gasteiger partial charge in [-0.25, -0.2) is 4.98 Å². The summed E-state index contributed by atoms with van der Waals surface area (Å²) in [6.07, 6.45) is -0.705. The topological polar surface area (TPSA) is 95.4 Å². The van der Waals surface area contributed by atoms with Crippen molar-refractivity contribution in [3.8, 4) is 17.2 Å². The number of hydrogen-bond donors (Lipinski definition) is 2. The fraction of sp³-hybridized carbons (Fsp3) is 0.320. The van der Waals surface area contributed by atoms with Crippen molar-refractivity contribution in [2.24, 2.45) is 0 Å². The number of ether oxygens (including phenoxy) is 3. The van der Waals surface area contributed by atoms with Gasteiger partial charge in [-0.05, 0) is 30.5 Å². The molecule has 1 aliphatic carbocycles. The standard InChI is InChI=1S/C25H25F3N6O3/c1-35-18-10-17(11-19(36-2)21(18)37-3)31-24-32-22(30-16-8-9-16)20-23(33-24)34(13-29-20)12-14-4-6-15(7-5-14)25(26,27)28/h4-7,10-11,13,16H,8-9,12H2,1-3H3,(H2,30,31,32,33). The van der Waals surface area contributed by atoms with E-state index in [0.29, 0.717) is 57.5 Å². The van der Waals surface area contributed by atoms with E-state index in [9.17, 15) is 13.2 Å². The van der Waals surface area contributed by atoms with Crippen LogP contribution in [0, 0.1) is 0 Å². The van der Waals surface area contributed by atoms with Crippen molar-refractivity contribution in [2.45, 2.75) is 31.6 Å². The van der Waals surface area contributed by atoms with Gasteiger partial charge in [-0.1, -0.05) is 12.1 Å². The molecular weight excluding hydrogens is 489 g/mol. The monoisotopic (exact) mass is 514 g/mol. The molecule has 0 spiro atoms. The van der Waals surface area contributed by atoms with Crippen molar-refractivity contribution in [1.29, 1.82) is 0 Å². The molecule has 9 nitrogen and oxygen atoms in total. The highest BCUT2D eigenvalue weighted by molar-refractivity contribution is 5.85. The molecule has 0 bridgehead atoms. The molecule has 2 heterocycles. The van der Waals surface area contributed by atoms with Crippen molar-refractivity contribution < 1.29 is 27.4 Å². The maximum atomic E-state index is 13.0. The van der Waals surface area contributed by atoms with Crippen LogP contribution < -0.4 is 24.8 Å². The van der Waals surface area contributed by atoms with E-state index in [1.54, 1.807) is 23.0 Å². The minimum atomic E-state index is -4.38. The summed E-state index contributed by atoms with van der Waals surface area (Å²) in [5, 5.41) is 6.58. The number of benzene rings is 2. The van der Waals surface area contributed by atoms with Crippen molar-refractivity contribution >= 4 is 28.6 Å². The molecule has 0 amide bonds. The van der Waals surface area contributed by atoms with Gasteiger partial charge in [0.05, 0.1) is 39.8 Å². The van der Waals surface area contributed by atoms with Gasteiger partial charge in [-0.2, -0.15) is 23.1 Å². The summed E-state index contributed by atoms with van der Waals surface area (Å²) in [4.78, 5) is 13.8. The number of anilines is 3. The van der Waals surface area contributed by atoms with Gasteiger partial charge in [-0.15, -0.1) is 0 Å². The lowest BCUT2D eigenvalue weighted by Gasteiger charge is -2.15. The molecule has 37 heavy (non-hydrogen) atoms.